The smallest absolute Gasteiger partial charge is 0.263 e. The van der Waals surface area contributed by atoms with E-state index in [2.05, 4.69) is 36.6 Å². The van der Waals surface area contributed by atoms with Gasteiger partial charge in [-0.05, 0) is 64.2 Å². The van der Waals surface area contributed by atoms with E-state index in [1.54, 1.807) is 24.3 Å². The Labute approximate surface area is 181 Å². The van der Waals surface area contributed by atoms with Crippen molar-refractivity contribution < 1.29 is 17.9 Å². The zero-order valence-electron chi connectivity index (χ0n) is 14.9. The molecule has 0 aliphatic heterocycles. The fourth-order valence-electron chi connectivity index (χ4n) is 2.10. The first-order valence-corrected chi connectivity index (χ1v) is 11.2. The summed E-state index contributed by atoms with van der Waals surface area (Å²) in [5, 5.41) is 0.406. The Morgan fingerprint density at radius 1 is 1.11 bits per heavy atom. The highest BCUT2D eigenvalue weighted by molar-refractivity contribution is 9.11. The molecule has 148 valence electrons. The molecule has 27 heavy (non-hydrogen) atoms. The zero-order valence-corrected chi connectivity index (χ0v) is 19.7. The van der Waals surface area contributed by atoms with Crippen molar-refractivity contribution in [2.24, 2.45) is 0 Å². The fourth-order valence-corrected chi connectivity index (χ4v) is 5.19. The molecule has 6 nitrogen and oxygen atoms in total. The van der Waals surface area contributed by atoms with E-state index in [0.29, 0.717) is 44.3 Å². The van der Waals surface area contributed by atoms with Crippen LogP contribution in [0.1, 0.15) is 0 Å². The van der Waals surface area contributed by atoms with E-state index in [0.717, 1.165) is 0 Å². The second-order valence-corrected chi connectivity index (χ2v) is 9.59. The molecule has 0 saturated carbocycles. The largest absolute Gasteiger partial charge is 0.496 e. The predicted molar refractivity (Wildman–Crippen MR) is 115 cm³/mol. The number of methoxy groups -OCH3 is 1. The molecule has 0 unspecified atom stereocenters. The van der Waals surface area contributed by atoms with Crippen molar-refractivity contribution in [2.75, 3.05) is 39.1 Å². The lowest BCUT2D eigenvalue weighted by molar-refractivity contribution is 0.261. The van der Waals surface area contributed by atoms with E-state index < -0.39 is 10.0 Å². The van der Waals surface area contributed by atoms with Gasteiger partial charge in [-0.2, -0.15) is 0 Å². The average molecular weight is 543 g/mol. The molecule has 1 N–H and O–H groups in total. The Kier molecular flexibility index (Phi) is 7.82. The summed E-state index contributed by atoms with van der Waals surface area (Å²) in [4.78, 5) is 2.02. The summed E-state index contributed by atoms with van der Waals surface area (Å²) in [6, 6.07) is 7.76. The maximum absolute atomic E-state index is 12.8. The minimum atomic E-state index is -3.86. The first kappa shape index (κ1) is 22.3. The monoisotopic (exact) mass is 540 g/mol. The van der Waals surface area contributed by atoms with Gasteiger partial charge in [0, 0.05) is 23.2 Å². The highest BCUT2D eigenvalue weighted by Gasteiger charge is 2.21. The van der Waals surface area contributed by atoms with E-state index in [-0.39, 0.29) is 4.90 Å². The number of halogens is 3. The number of nitrogens with one attached hydrogen (secondary N) is 1. The highest BCUT2D eigenvalue weighted by atomic mass is 79.9. The summed E-state index contributed by atoms with van der Waals surface area (Å²) in [5.74, 6) is 0.813. The predicted octanol–water partition coefficient (Wildman–Crippen LogP) is 4.61. The van der Waals surface area contributed by atoms with Gasteiger partial charge in [0.05, 0.1) is 22.3 Å². The van der Waals surface area contributed by atoms with Gasteiger partial charge in [-0.1, -0.05) is 11.6 Å². The third kappa shape index (κ3) is 5.99. The van der Waals surface area contributed by atoms with Crippen LogP contribution in [0.5, 0.6) is 11.5 Å². The summed E-state index contributed by atoms with van der Waals surface area (Å²) in [6.07, 6.45) is 0. The molecule has 0 spiro atoms. The van der Waals surface area contributed by atoms with Gasteiger partial charge in [0.1, 0.15) is 23.0 Å². The van der Waals surface area contributed by atoms with Crippen LogP contribution in [0.2, 0.25) is 5.02 Å². The lowest BCUT2D eigenvalue weighted by Gasteiger charge is -2.15. The zero-order chi connectivity index (χ0) is 20.2. The summed E-state index contributed by atoms with van der Waals surface area (Å²) >= 11 is 12.7. The third-order valence-electron chi connectivity index (χ3n) is 3.48. The molecule has 2 aromatic rings. The van der Waals surface area contributed by atoms with Crippen LogP contribution in [0.4, 0.5) is 5.69 Å². The van der Waals surface area contributed by atoms with E-state index in [1.165, 1.54) is 13.2 Å². The van der Waals surface area contributed by atoms with E-state index in [1.807, 2.05) is 19.0 Å². The Hall–Kier alpha value is -1.000. The van der Waals surface area contributed by atoms with E-state index in [4.69, 9.17) is 21.1 Å². The Balaban J connectivity index is 2.28. The van der Waals surface area contributed by atoms with Crippen LogP contribution in [-0.2, 0) is 10.0 Å². The molecular formula is C17H19Br2ClN2O4S. The molecule has 2 rings (SSSR count). The van der Waals surface area contributed by atoms with Crippen molar-refractivity contribution in [3.05, 3.63) is 44.3 Å². The van der Waals surface area contributed by atoms with Gasteiger partial charge in [-0.25, -0.2) is 8.42 Å². The van der Waals surface area contributed by atoms with Crippen LogP contribution < -0.4 is 14.2 Å². The normalized spacial score (nSPS) is 11.5. The van der Waals surface area contributed by atoms with Crippen molar-refractivity contribution in [1.82, 2.24) is 4.90 Å². The Bertz CT molecular complexity index is 923. The number of anilines is 1. The van der Waals surface area contributed by atoms with E-state index >= 15 is 0 Å². The molecule has 0 aromatic heterocycles. The number of benzene rings is 2. The lowest BCUT2D eigenvalue weighted by Crippen LogP contribution is -2.19. The molecule has 0 fully saturated rings. The van der Waals surface area contributed by atoms with Crippen molar-refractivity contribution in [3.8, 4) is 11.5 Å². The van der Waals surface area contributed by atoms with Crippen LogP contribution in [0.25, 0.3) is 0 Å². The van der Waals surface area contributed by atoms with Crippen molar-refractivity contribution >= 4 is 59.2 Å². The van der Waals surface area contributed by atoms with Crippen molar-refractivity contribution in [3.63, 3.8) is 0 Å². The molecule has 10 heteroatoms. The Morgan fingerprint density at radius 2 is 1.81 bits per heavy atom. The van der Waals surface area contributed by atoms with Gasteiger partial charge in [-0.3, -0.25) is 4.72 Å². The number of sulfonamides is 1. The SMILES string of the molecule is COc1cc(S(=O)(=O)Nc2ccc(Cl)c(OCCN(C)C)c2)c(Br)cc1Br. The van der Waals surface area contributed by atoms with Gasteiger partial charge < -0.3 is 14.4 Å². The number of nitrogens with zero attached hydrogens (tertiary/aromatic N) is 1. The fraction of sp³-hybridized carbons (Fsp3) is 0.294. The average Bonchev–Trinajstić information content (AvgIpc) is 2.57. The topological polar surface area (TPSA) is 67.9 Å². The van der Waals surface area contributed by atoms with Gasteiger partial charge in [0.15, 0.2) is 0 Å². The maximum atomic E-state index is 12.8. The van der Waals surface area contributed by atoms with Crippen LogP contribution in [0, 0.1) is 0 Å². The summed E-state index contributed by atoms with van der Waals surface area (Å²) in [7, 11) is 1.47. The molecule has 0 bridgehead atoms. The number of likely N-dealkylation sites (N-methyl/N-ethyl adjacent to an activating group) is 1. The van der Waals surface area contributed by atoms with Crippen LogP contribution >= 0.6 is 43.5 Å². The van der Waals surface area contributed by atoms with Crippen LogP contribution in [-0.4, -0.2) is 47.7 Å². The molecule has 2 aromatic carbocycles. The number of ether oxygens (including phenoxy) is 2. The standard InChI is InChI=1S/C17H19Br2ClN2O4S/c1-22(2)6-7-26-16-8-11(4-5-14(16)20)21-27(23,24)17-10-15(25-3)12(18)9-13(17)19/h4-5,8-10,21H,6-7H2,1-3H3. The molecule has 0 radical (unpaired) electrons. The Morgan fingerprint density at radius 3 is 2.44 bits per heavy atom. The lowest BCUT2D eigenvalue weighted by atomic mass is 10.3. The van der Waals surface area contributed by atoms with Crippen LogP contribution in [0.15, 0.2) is 44.2 Å². The quantitative estimate of drug-likeness (QED) is 0.528. The highest BCUT2D eigenvalue weighted by Crippen LogP contribution is 2.35. The number of rotatable bonds is 8. The van der Waals surface area contributed by atoms with Gasteiger partial charge >= 0.3 is 0 Å². The molecule has 0 aliphatic rings. The summed E-state index contributed by atoms with van der Waals surface area (Å²) in [6.45, 7) is 1.14. The second kappa shape index (κ2) is 9.47. The van der Waals surface area contributed by atoms with Crippen molar-refractivity contribution in [2.45, 2.75) is 4.90 Å². The minimum absolute atomic E-state index is 0.0487. The summed E-state index contributed by atoms with van der Waals surface area (Å²) in [5.41, 5.74) is 0.341. The molecule has 0 amide bonds. The molecule has 0 heterocycles. The minimum Gasteiger partial charge on any atom is -0.496 e. The third-order valence-corrected chi connectivity index (χ3v) is 6.75. The molecule has 0 aliphatic carbocycles. The maximum Gasteiger partial charge on any atom is 0.263 e. The molecule has 0 atom stereocenters. The van der Waals surface area contributed by atoms with Crippen molar-refractivity contribution in [1.29, 1.82) is 0 Å². The first-order valence-electron chi connectivity index (χ1n) is 7.77. The second-order valence-electron chi connectivity index (χ2n) is 5.82. The summed E-state index contributed by atoms with van der Waals surface area (Å²) < 4.78 is 40.0. The van der Waals surface area contributed by atoms with Gasteiger partial charge in [0.2, 0.25) is 0 Å². The first-order chi connectivity index (χ1) is 12.6. The number of hydrogen-bond donors (Lipinski definition) is 1. The molecule has 0 saturated heterocycles. The van der Waals surface area contributed by atoms with Gasteiger partial charge in [0.25, 0.3) is 10.0 Å². The van der Waals surface area contributed by atoms with Gasteiger partial charge in [-0.15, -0.1) is 0 Å². The van der Waals surface area contributed by atoms with E-state index in [9.17, 15) is 8.42 Å². The molecular weight excluding hydrogens is 524 g/mol. The number of hydrogen-bond acceptors (Lipinski definition) is 5. The van der Waals surface area contributed by atoms with Crippen LogP contribution in [0.3, 0.4) is 0 Å².